The van der Waals surface area contributed by atoms with Gasteiger partial charge in [0.1, 0.15) is 0 Å². The molecule has 1 nitrogen and oxygen atoms in total. The van der Waals surface area contributed by atoms with Crippen molar-refractivity contribution in [1.29, 1.82) is 0 Å². The maximum absolute atomic E-state index is 9.81. The highest BCUT2D eigenvalue weighted by Gasteiger charge is 2.29. The number of hydrogen-bond acceptors (Lipinski definition) is 1. The highest BCUT2D eigenvalue weighted by molar-refractivity contribution is 6.30. The van der Waals surface area contributed by atoms with Crippen LogP contribution >= 0.6 is 0 Å². The second kappa shape index (κ2) is 13.0. The van der Waals surface area contributed by atoms with Crippen LogP contribution in [0, 0.1) is 0 Å². The van der Waals surface area contributed by atoms with E-state index in [-0.39, 0.29) is 5.31 Å². The fourth-order valence-corrected chi connectivity index (χ4v) is 2.93. The van der Waals surface area contributed by atoms with Gasteiger partial charge in [-0.05, 0) is 5.31 Å². The van der Waals surface area contributed by atoms with E-state index in [9.17, 15) is 5.02 Å². The van der Waals surface area contributed by atoms with E-state index in [2.05, 4.69) is 20.8 Å². The summed E-state index contributed by atoms with van der Waals surface area (Å²) in [4.78, 5) is 0. The summed E-state index contributed by atoms with van der Waals surface area (Å²) in [7, 11) is 1.56. The van der Waals surface area contributed by atoms with Crippen LogP contribution in [0.1, 0.15) is 104 Å². The van der Waals surface area contributed by atoms with Gasteiger partial charge in [-0.25, -0.2) is 0 Å². The molecule has 0 aromatic carbocycles. The standard InChI is InChI=1S/C17H36BO/c1-4-7-10-13-16-17(18-19,14-11-8-5-2)15-12-9-6-3/h19H,4-16H2,1-3H3. The van der Waals surface area contributed by atoms with Crippen LogP contribution in [-0.4, -0.2) is 12.5 Å². The molecule has 1 N–H and O–H groups in total. The molecule has 0 fully saturated rings. The summed E-state index contributed by atoms with van der Waals surface area (Å²) in [6.07, 6.45) is 16.5. The molecule has 0 aliphatic carbocycles. The highest BCUT2D eigenvalue weighted by atomic mass is 16.2. The normalized spacial score (nSPS) is 11.8. The van der Waals surface area contributed by atoms with Gasteiger partial charge >= 0.3 is 0 Å². The van der Waals surface area contributed by atoms with Crippen LogP contribution in [0.15, 0.2) is 0 Å². The van der Waals surface area contributed by atoms with Crippen LogP contribution in [0.3, 0.4) is 0 Å². The molecule has 113 valence electrons. The largest absolute Gasteiger partial charge is 0.454 e. The zero-order valence-corrected chi connectivity index (χ0v) is 13.7. The molecule has 19 heavy (non-hydrogen) atoms. The Kier molecular flexibility index (Phi) is 13.0. The van der Waals surface area contributed by atoms with Gasteiger partial charge in [-0.1, -0.05) is 104 Å². The Hall–Kier alpha value is 0.0249. The molecular weight excluding hydrogens is 231 g/mol. The second-order valence-electron chi connectivity index (χ2n) is 6.22. The topological polar surface area (TPSA) is 20.2 Å². The Morgan fingerprint density at radius 3 is 1.37 bits per heavy atom. The minimum atomic E-state index is 0.123. The third kappa shape index (κ3) is 9.54. The molecule has 0 aliphatic heterocycles. The van der Waals surface area contributed by atoms with Gasteiger partial charge in [0, 0.05) is 0 Å². The van der Waals surface area contributed by atoms with Crippen LogP contribution in [0.25, 0.3) is 0 Å². The summed E-state index contributed by atoms with van der Waals surface area (Å²) in [5, 5.41) is 9.93. The first kappa shape index (κ1) is 19.0. The molecule has 0 aromatic rings. The Morgan fingerprint density at radius 1 is 0.632 bits per heavy atom. The van der Waals surface area contributed by atoms with Crippen molar-refractivity contribution in [2.75, 3.05) is 0 Å². The molecule has 0 atom stereocenters. The molecule has 0 bridgehead atoms. The van der Waals surface area contributed by atoms with Crippen molar-refractivity contribution >= 4 is 7.48 Å². The van der Waals surface area contributed by atoms with Gasteiger partial charge in [0.25, 0.3) is 7.48 Å². The lowest BCUT2D eigenvalue weighted by molar-refractivity contribution is 0.357. The zero-order valence-electron chi connectivity index (χ0n) is 13.7. The van der Waals surface area contributed by atoms with Gasteiger partial charge in [-0.15, -0.1) is 0 Å². The van der Waals surface area contributed by atoms with Gasteiger partial charge in [0.15, 0.2) is 0 Å². The van der Waals surface area contributed by atoms with E-state index in [1.807, 2.05) is 0 Å². The van der Waals surface area contributed by atoms with Crippen LogP contribution in [0.2, 0.25) is 5.31 Å². The Bertz CT molecular complexity index is 172. The maximum atomic E-state index is 9.81. The summed E-state index contributed by atoms with van der Waals surface area (Å²) >= 11 is 0. The fourth-order valence-electron chi connectivity index (χ4n) is 2.93. The SMILES string of the molecule is CCCCCCC([B]O)(CCCCC)CCCCC. The van der Waals surface area contributed by atoms with Gasteiger partial charge in [-0.2, -0.15) is 0 Å². The van der Waals surface area contributed by atoms with Crippen molar-refractivity contribution in [2.45, 2.75) is 110 Å². The van der Waals surface area contributed by atoms with Crippen LogP contribution < -0.4 is 0 Å². The molecule has 0 aliphatic rings. The van der Waals surface area contributed by atoms with E-state index in [4.69, 9.17) is 0 Å². The van der Waals surface area contributed by atoms with Crippen molar-refractivity contribution in [3.63, 3.8) is 0 Å². The van der Waals surface area contributed by atoms with Crippen LogP contribution in [-0.2, 0) is 0 Å². The average Bonchev–Trinajstić information content (AvgIpc) is 2.43. The summed E-state index contributed by atoms with van der Waals surface area (Å²) in [6, 6.07) is 0. The molecule has 0 saturated heterocycles. The fraction of sp³-hybridized carbons (Fsp3) is 1.00. The van der Waals surface area contributed by atoms with E-state index >= 15 is 0 Å². The van der Waals surface area contributed by atoms with Crippen LogP contribution in [0.4, 0.5) is 0 Å². The van der Waals surface area contributed by atoms with Gasteiger partial charge in [0.05, 0.1) is 0 Å². The van der Waals surface area contributed by atoms with E-state index in [0.29, 0.717) is 0 Å². The monoisotopic (exact) mass is 267 g/mol. The van der Waals surface area contributed by atoms with Crippen molar-refractivity contribution < 1.29 is 5.02 Å². The highest BCUT2D eigenvalue weighted by Crippen LogP contribution is 2.42. The quantitative estimate of drug-likeness (QED) is 0.307. The molecule has 2 heteroatoms. The summed E-state index contributed by atoms with van der Waals surface area (Å²) in [6.45, 7) is 6.76. The number of rotatable bonds is 14. The predicted molar refractivity (Wildman–Crippen MR) is 87.7 cm³/mol. The lowest BCUT2D eigenvalue weighted by Gasteiger charge is -2.31. The first-order valence-corrected chi connectivity index (χ1v) is 8.73. The van der Waals surface area contributed by atoms with Crippen LogP contribution in [0.5, 0.6) is 0 Å². The van der Waals surface area contributed by atoms with Crippen molar-refractivity contribution in [1.82, 2.24) is 0 Å². The Morgan fingerprint density at radius 2 is 1.00 bits per heavy atom. The summed E-state index contributed by atoms with van der Waals surface area (Å²) in [5.41, 5.74) is 0. The third-order valence-electron chi connectivity index (χ3n) is 4.36. The van der Waals surface area contributed by atoms with Gasteiger partial charge in [-0.3, -0.25) is 0 Å². The van der Waals surface area contributed by atoms with Crippen molar-refractivity contribution in [2.24, 2.45) is 0 Å². The zero-order chi connectivity index (χ0) is 14.4. The molecule has 1 radical (unpaired) electrons. The van der Waals surface area contributed by atoms with E-state index < -0.39 is 0 Å². The van der Waals surface area contributed by atoms with Crippen molar-refractivity contribution in [3.05, 3.63) is 0 Å². The minimum Gasteiger partial charge on any atom is -0.454 e. The third-order valence-corrected chi connectivity index (χ3v) is 4.36. The summed E-state index contributed by atoms with van der Waals surface area (Å²) < 4.78 is 0. The first-order valence-electron chi connectivity index (χ1n) is 8.73. The molecule has 0 unspecified atom stereocenters. The number of unbranched alkanes of at least 4 members (excludes halogenated alkanes) is 7. The van der Waals surface area contributed by atoms with Gasteiger partial charge in [0.2, 0.25) is 0 Å². The maximum Gasteiger partial charge on any atom is 0.294 e. The molecule has 0 saturated carbocycles. The van der Waals surface area contributed by atoms with E-state index in [0.717, 1.165) is 0 Å². The lowest BCUT2D eigenvalue weighted by atomic mass is 9.56. The smallest absolute Gasteiger partial charge is 0.294 e. The number of hydrogen-bond donors (Lipinski definition) is 1. The summed E-state index contributed by atoms with van der Waals surface area (Å²) in [5.74, 6) is 0. The van der Waals surface area contributed by atoms with Crippen molar-refractivity contribution in [3.8, 4) is 0 Å². The second-order valence-corrected chi connectivity index (χ2v) is 6.22. The lowest BCUT2D eigenvalue weighted by Crippen LogP contribution is -2.21. The minimum absolute atomic E-state index is 0.123. The first-order chi connectivity index (χ1) is 9.24. The molecular formula is C17H36BO. The molecule has 0 spiro atoms. The van der Waals surface area contributed by atoms with E-state index in [1.165, 1.54) is 83.5 Å². The Balaban J connectivity index is 4.20. The molecule has 0 amide bonds. The Labute approximate surface area is 122 Å². The molecule has 0 aromatic heterocycles. The van der Waals surface area contributed by atoms with E-state index in [1.54, 1.807) is 7.48 Å². The van der Waals surface area contributed by atoms with Gasteiger partial charge < -0.3 is 5.02 Å². The predicted octanol–water partition coefficient (Wildman–Crippen LogP) is 5.89. The average molecular weight is 267 g/mol. The molecule has 0 heterocycles. The molecule has 0 rings (SSSR count).